The average molecular weight is 263 g/mol. The third-order valence-electron chi connectivity index (χ3n) is 3.36. The van der Waals surface area contributed by atoms with Crippen LogP contribution in [0.1, 0.15) is 28.8 Å². The van der Waals surface area contributed by atoms with Crippen LogP contribution in [0.25, 0.3) is 0 Å². The molecule has 0 aromatic heterocycles. The van der Waals surface area contributed by atoms with E-state index in [0.29, 0.717) is 18.7 Å². The molecule has 1 aromatic carbocycles. The van der Waals surface area contributed by atoms with Crippen LogP contribution in [-0.4, -0.2) is 44.2 Å². The zero-order valence-electron chi connectivity index (χ0n) is 11.6. The molecule has 1 saturated heterocycles. The maximum absolute atomic E-state index is 12.2. The molecule has 1 fully saturated rings. The number of ether oxygens (including phenoxy) is 2. The van der Waals surface area contributed by atoms with Gasteiger partial charge in [-0.05, 0) is 30.5 Å². The molecule has 4 heteroatoms. The molecule has 0 bridgehead atoms. The van der Waals surface area contributed by atoms with Crippen molar-refractivity contribution in [3.8, 4) is 0 Å². The van der Waals surface area contributed by atoms with Gasteiger partial charge in [-0.1, -0.05) is 12.1 Å². The highest BCUT2D eigenvalue weighted by Crippen LogP contribution is 2.14. The van der Waals surface area contributed by atoms with E-state index in [9.17, 15) is 4.79 Å². The Bertz CT molecular complexity index is 410. The Labute approximate surface area is 114 Å². The first-order valence-corrected chi connectivity index (χ1v) is 6.65. The van der Waals surface area contributed by atoms with Gasteiger partial charge in [0.05, 0.1) is 12.7 Å². The number of rotatable bonds is 5. The van der Waals surface area contributed by atoms with Crippen LogP contribution in [0.3, 0.4) is 0 Å². The van der Waals surface area contributed by atoms with Crippen LogP contribution in [0.15, 0.2) is 24.3 Å². The number of methoxy groups -OCH3 is 1. The minimum Gasteiger partial charge on any atom is -0.380 e. The van der Waals surface area contributed by atoms with E-state index in [-0.39, 0.29) is 12.0 Å². The van der Waals surface area contributed by atoms with Crippen LogP contribution in [0.5, 0.6) is 0 Å². The number of amides is 1. The zero-order valence-corrected chi connectivity index (χ0v) is 11.6. The van der Waals surface area contributed by atoms with Crippen molar-refractivity contribution in [2.24, 2.45) is 0 Å². The Morgan fingerprint density at radius 2 is 2.16 bits per heavy atom. The first kappa shape index (κ1) is 14.0. The summed E-state index contributed by atoms with van der Waals surface area (Å²) in [6.07, 6.45) is 2.34. The zero-order chi connectivity index (χ0) is 13.7. The second kappa shape index (κ2) is 6.68. The van der Waals surface area contributed by atoms with Crippen LogP contribution < -0.4 is 0 Å². The number of carbonyl (C=O) groups is 1. The fourth-order valence-corrected chi connectivity index (χ4v) is 2.31. The van der Waals surface area contributed by atoms with Crippen LogP contribution >= 0.6 is 0 Å². The molecule has 4 nitrogen and oxygen atoms in total. The summed E-state index contributed by atoms with van der Waals surface area (Å²) in [6.45, 7) is 2.05. The maximum Gasteiger partial charge on any atom is 0.253 e. The normalized spacial score (nSPS) is 18.5. The van der Waals surface area contributed by atoms with Crippen LogP contribution in [-0.2, 0) is 16.1 Å². The largest absolute Gasteiger partial charge is 0.380 e. The lowest BCUT2D eigenvalue weighted by molar-refractivity contribution is 0.0587. The standard InChI is InChI=1S/C15H21NO3/c1-16(10-14-4-3-9-19-14)15(17)13-7-5-12(6-8-13)11-18-2/h5-8,14H,3-4,9-11H2,1-2H3. The second-order valence-electron chi connectivity index (χ2n) is 4.95. The summed E-state index contributed by atoms with van der Waals surface area (Å²) in [4.78, 5) is 14.0. The molecule has 19 heavy (non-hydrogen) atoms. The minimum atomic E-state index is 0.0412. The van der Waals surface area contributed by atoms with Crippen LogP contribution in [0.2, 0.25) is 0 Å². The lowest BCUT2D eigenvalue weighted by atomic mass is 10.1. The summed E-state index contributed by atoms with van der Waals surface area (Å²) in [6, 6.07) is 7.55. The summed E-state index contributed by atoms with van der Waals surface area (Å²) in [7, 11) is 3.49. The molecule has 2 rings (SSSR count). The molecule has 0 saturated carbocycles. The van der Waals surface area contributed by atoms with E-state index in [0.717, 1.165) is 25.0 Å². The number of benzene rings is 1. The highest BCUT2D eigenvalue weighted by atomic mass is 16.5. The smallest absolute Gasteiger partial charge is 0.253 e. The van der Waals surface area contributed by atoms with Gasteiger partial charge in [-0.25, -0.2) is 0 Å². The summed E-state index contributed by atoms with van der Waals surface area (Å²) < 4.78 is 10.6. The van der Waals surface area contributed by atoms with Gasteiger partial charge in [-0.15, -0.1) is 0 Å². The Hall–Kier alpha value is -1.39. The van der Waals surface area contributed by atoms with Crippen molar-refractivity contribution in [1.29, 1.82) is 0 Å². The van der Waals surface area contributed by atoms with E-state index < -0.39 is 0 Å². The van der Waals surface area contributed by atoms with E-state index in [1.54, 1.807) is 12.0 Å². The molecule has 1 heterocycles. The fraction of sp³-hybridized carbons (Fsp3) is 0.533. The monoisotopic (exact) mass is 263 g/mol. The Balaban J connectivity index is 1.93. The van der Waals surface area contributed by atoms with Gasteiger partial charge in [0.2, 0.25) is 0 Å². The first-order chi connectivity index (χ1) is 9.20. The number of likely N-dealkylation sites (N-methyl/N-ethyl adjacent to an activating group) is 1. The Morgan fingerprint density at radius 3 is 2.74 bits per heavy atom. The highest BCUT2D eigenvalue weighted by molar-refractivity contribution is 5.94. The summed E-state index contributed by atoms with van der Waals surface area (Å²) in [5, 5.41) is 0. The van der Waals surface area contributed by atoms with E-state index in [1.165, 1.54) is 0 Å². The first-order valence-electron chi connectivity index (χ1n) is 6.65. The van der Waals surface area contributed by atoms with E-state index in [1.807, 2.05) is 31.3 Å². The van der Waals surface area contributed by atoms with Gasteiger partial charge in [0.25, 0.3) is 5.91 Å². The van der Waals surface area contributed by atoms with Gasteiger partial charge in [0.15, 0.2) is 0 Å². The second-order valence-corrected chi connectivity index (χ2v) is 4.95. The van der Waals surface area contributed by atoms with Gasteiger partial charge in [0, 0.05) is 32.9 Å². The number of hydrogen-bond acceptors (Lipinski definition) is 3. The number of carbonyl (C=O) groups excluding carboxylic acids is 1. The molecule has 1 aromatic rings. The maximum atomic E-state index is 12.2. The summed E-state index contributed by atoms with van der Waals surface area (Å²) in [5.74, 6) is 0.0412. The number of nitrogens with zero attached hydrogens (tertiary/aromatic N) is 1. The predicted molar refractivity (Wildman–Crippen MR) is 73.1 cm³/mol. The van der Waals surface area contributed by atoms with Gasteiger partial charge in [-0.3, -0.25) is 4.79 Å². The van der Waals surface area contributed by atoms with Crippen LogP contribution in [0.4, 0.5) is 0 Å². The Morgan fingerprint density at radius 1 is 1.42 bits per heavy atom. The topological polar surface area (TPSA) is 38.8 Å². The third kappa shape index (κ3) is 3.78. The predicted octanol–water partition coefficient (Wildman–Crippen LogP) is 2.08. The van der Waals surface area contributed by atoms with Crippen molar-refractivity contribution < 1.29 is 14.3 Å². The van der Waals surface area contributed by atoms with Crippen molar-refractivity contribution in [2.75, 3.05) is 27.3 Å². The van der Waals surface area contributed by atoms with Crippen LogP contribution in [0, 0.1) is 0 Å². The van der Waals surface area contributed by atoms with Gasteiger partial charge in [-0.2, -0.15) is 0 Å². The van der Waals surface area contributed by atoms with Gasteiger partial charge < -0.3 is 14.4 Å². The molecule has 0 radical (unpaired) electrons. The molecule has 1 amide bonds. The SMILES string of the molecule is COCc1ccc(C(=O)N(C)CC2CCCO2)cc1. The van der Waals surface area contributed by atoms with E-state index in [4.69, 9.17) is 9.47 Å². The quantitative estimate of drug-likeness (QED) is 0.816. The molecule has 0 spiro atoms. The third-order valence-corrected chi connectivity index (χ3v) is 3.36. The molecule has 1 aliphatic heterocycles. The number of hydrogen-bond donors (Lipinski definition) is 0. The highest BCUT2D eigenvalue weighted by Gasteiger charge is 2.20. The van der Waals surface area contributed by atoms with Gasteiger partial charge in [0.1, 0.15) is 0 Å². The van der Waals surface area contributed by atoms with Crippen molar-refractivity contribution in [1.82, 2.24) is 4.90 Å². The summed E-state index contributed by atoms with van der Waals surface area (Å²) in [5.41, 5.74) is 1.78. The Kier molecular flexibility index (Phi) is 4.93. The summed E-state index contributed by atoms with van der Waals surface area (Å²) >= 11 is 0. The fourth-order valence-electron chi connectivity index (χ4n) is 2.31. The molecule has 1 atom stereocenters. The molecule has 0 aliphatic carbocycles. The molecule has 1 unspecified atom stereocenters. The van der Waals surface area contributed by atoms with Crippen molar-refractivity contribution in [2.45, 2.75) is 25.6 Å². The molecule has 1 aliphatic rings. The molecular weight excluding hydrogens is 242 g/mol. The molecule has 104 valence electrons. The van der Waals surface area contributed by atoms with Crippen molar-refractivity contribution in [3.63, 3.8) is 0 Å². The van der Waals surface area contributed by atoms with Crippen molar-refractivity contribution >= 4 is 5.91 Å². The molecular formula is C15H21NO3. The lowest BCUT2D eigenvalue weighted by Crippen LogP contribution is -2.34. The van der Waals surface area contributed by atoms with E-state index >= 15 is 0 Å². The minimum absolute atomic E-state index is 0.0412. The van der Waals surface area contributed by atoms with E-state index in [2.05, 4.69) is 0 Å². The van der Waals surface area contributed by atoms with Crippen molar-refractivity contribution in [3.05, 3.63) is 35.4 Å². The average Bonchev–Trinajstić information content (AvgIpc) is 2.92. The molecule has 0 N–H and O–H groups in total. The van der Waals surface area contributed by atoms with Gasteiger partial charge >= 0.3 is 0 Å². The lowest BCUT2D eigenvalue weighted by Gasteiger charge is -2.21.